The van der Waals surface area contributed by atoms with E-state index in [9.17, 15) is 13.2 Å². The summed E-state index contributed by atoms with van der Waals surface area (Å²) in [5, 5.41) is 0. The Bertz CT molecular complexity index is 816. The minimum Gasteiger partial charge on any atom is -0.493 e. The van der Waals surface area contributed by atoms with Crippen molar-refractivity contribution in [2.24, 2.45) is 0 Å². The first-order valence-corrected chi connectivity index (χ1v) is 11.2. The molecular weight excluding hydrogens is 396 g/mol. The second-order valence-electron chi connectivity index (χ2n) is 7.36. The third-order valence-electron chi connectivity index (χ3n) is 5.51. The Balaban J connectivity index is 1.55. The largest absolute Gasteiger partial charge is 0.493 e. The van der Waals surface area contributed by atoms with Crippen molar-refractivity contribution in [1.29, 1.82) is 0 Å². The number of hydrogen-bond donors (Lipinski definition) is 0. The maximum Gasteiger partial charge on any atom is 0.282 e. The Labute approximate surface area is 172 Å². The smallest absolute Gasteiger partial charge is 0.282 e. The summed E-state index contributed by atoms with van der Waals surface area (Å²) in [7, 11) is 1.66. The second-order valence-corrected chi connectivity index (χ2v) is 9.28. The van der Waals surface area contributed by atoms with Gasteiger partial charge in [-0.15, -0.1) is 0 Å². The van der Waals surface area contributed by atoms with Crippen LogP contribution in [0.5, 0.6) is 11.5 Å². The number of amides is 1. The SMILES string of the molecule is COc1ccc(CC(=O)N2CCN(S(=O)(=O)N3CCN(C)CC3)CC2)cc1OC. The molecule has 0 aromatic heterocycles. The average Bonchev–Trinajstić information content (AvgIpc) is 2.74. The minimum absolute atomic E-state index is 0.0196. The molecule has 10 heteroatoms. The highest BCUT2D eigenvalue weighted by Gasteiger charge is 2.34. The zero-order valence-corrected chi connectivity index (χ0v) is 18.2. The molecule has 0 aliphatic carbocycles. The number of carbonyl (C=O) groups excluding carboxylic acids is 1. The molecule has 0 bridgehead atoms. The van der Waals surface area contributed by atoms with E-state index in [0.717, 1.165) is 18.7 Å². The summed E-state index contributed by atoms with van der Waals surface area (Å²) in [5.41, 5.74) is 0.833. The van der Waals surface area contributed by atoms with Gasteiger partial charge < -0.3 is 19.3 Å². The number of rotatable bonds is 6. The van der Waals surface area contributed by atoms with Crippen LogP contribution in [0, 0.1) is 0 Å². The van der Waals surface area contributed by atoms with Crippen molar-refractivity contribution >= 4 is 16.1 Å². The molecule has 0 saturated carbocycles. The van der Waals surface area contributed by atoms with E-state index >= 15 is 0 Å². The van der Waals surface area contributed by atoms with Gasteiger partial charge >= 0.3 is 0 Å². The van der Waals surface area contributed by atoms with Gasteiger partial charge in [0.25, 0.3) is 10.2 Å². The number of carbonyl (C=O) groups is 1. The number of ether oxygens (including phenoxy) is 2. The molecule has 0 atom stereocenters. The Kier molecular flexibility index (Phi) is 6.99. The number of nitrogens with zero attached hydrogens (tertiary/aromatic N) is 4. The molecule has 2 aliphatic rings. The van der Waals surface area contributed by atoms with E-state index in [4.69, 9.17) is 9.47 Å². The quantitative estimate of drug-likeness (QED) is 0.631. The molecular formula is C19H30N4O5S. The van der Waals surface area contributed by atoms with E-state index < -0.39 is 10.2 Å². The van der Waals surface area contributed by atoms with Gasteiger partial charge in [-0.25, -0.2) is 0 Å². The molecule has 1 aromatic rings. The Morgan fingerprint density at radius 1 is 0.897 bits per heavy atom. The van der Waals surface area contributed by atoms with E-state index in [1.54, 1.807) is 35.6 Å². The molecule has 1 amide bonds. The van der Waals surface area contributed by atoms with E-state index in [1.165, 1.54) is 4.31 Å². The summed E-state index contributed by atoms with van der Waals surface area (Å²) in [4.78, 5) is 16.5. The van der Waals surface area contributed by atoms with Crippen LogP contribution in [0.4, 0.5) is 0 Å². The molecule has 2 heterocycles. The number of likely N-dealkylation sites (N-methyl/N-ethyl adjacent to an activating group) is 1. The first-order valence-electron chi connectivity index (χ1n) is 9.77. The Morgan fingerprint density at radius 3 is 2.00 bits per heavy atom. The van der Waals surface area contributed by atoms with Crippen LogP contribution in [0.2, 0.25) is 0 Å². The summed E-state index contributed by atoms with van der Waals surface area (Å²) >= 11 is 0. The van der Waals surface area contributed by atoms with Crippen LogP contribution in [0.15, 0.2) is 18.2 Å². The number of benzene rings is 1. The van der Waals surface area contributed by atoms with Gasteiger partial charge in [-0.2, -0.15) is 17.0 Å². The van der Waals surface area contributed by atoms with Crippen molar-refractivity contribution < 1.29 is 22.7 Å². The zero-order chi connectivity index (χ0) is 21.0. The highest BCUT2D eigenvalue weighted by atomic mass is 32.2. The third-order valence-corrected chi connectivity index (χ3v) is 7.54. The molecule has 3 rings (SSSR count). The molecule has 9 nitrogen and oxygen atoms in total. The molecule has 0 unspecified atom stereocenters. The van der Waals surface area contributed by atoms with Gasteiger partial charge in [0.1, 0.15) is 0 Å². The second kappa shape index (κ2) is 9.29. The molecule has 29 heavy (non-hydrogen) atoms. The summed E-state index contributed by atoms with van der Waals surface area (Å²) in [6.07, 6.45) is 0.242. The van der Waals surface area contributed by atoms with Crippen molar-refractivity contribution in [3.8, 4) is 11.5 Å². The maximum absolute atomic E-state index is 12.8. The number of methoxy groups -OCH3 is 2. The van der Waals surface area contributed by atoms with E-state index in [2.05, 4.69) is 4.90 Å². The van der Waals surface area contributed by atoms with Gasteiger partial charge in [-0.05, 0) is 24.7 Å². The van der Waals surface area contributed by atoms with Crippen LogP contribution in [-0.4, -0.2) is 106 Å². The standard InChI is InChI=1S/C19H30N4O5S/c1-20-6-10-22(11-7-20)29(25,26)23-12-8-21(9-13-23)19(24)15-16-4-5-17(27-2)18(14-16)28-3/h4-5,14H,6-13,15H2,1-3H3. The van der Waals surface area contributed by atoms with Crippen molar-refractivity contribution in [2.45, 2.75) is 6.42 Å². The van der Waals surface area contributed by atoms with Gasteiger partial charge in [0, 0.05) is 52.4 Å². The van der Waals surface area contributed by atoms with Gasteiger partial charge in [-0.1, -0.05) is 6.07 Å². The molecule has 162 valence electrons. The van der Waals surface area contributed by atoms with Gasteiger partial charge in [0.2, 0.25) is 5.91 Å². The highest BCUT2D eigenvalue weighted by Crippen LogP contribution is 2.28. The molecule has 2 saturated heterocycles. The lowest BCUT2D eigenvalue weighted by atomic mass is 10.1. The molecule has 0 N–H and O–H groups in total. The average molecular weight is 427 g/mol. The Hall–Kier alpha value is -1.88. The fraction of sp³-hybridized carbons (Fsp3) is 0.632. The molecule has 1 aromatic carbocycles. The van der Waals surface area contributed by atoms with Crippen LogP contribution in [-0.2, 0) is 21.4 Å². The van der Waals surface area contributed by atoms with Gasteiger partial charge in [0.15, 0.2) is 11.5 Å². The van der Waals surface area contributed by atoms with Crippen molar-refractivity contribution in [3.63, 3.8) is 0 Å². The molecule has 0 spiro atoms. The van der Waals surface area contributed by atoms with Gasteiger partial charge in [0.05, 0.1) is 20.6 Å². The predicted molar refractivity (Wildman–Crippen MR) is 109 cm³/mol. The molecule has 0 radical (unpaired) electrons. The van der Waals surface area contributed by atoms with Crippen LogP contribution in [0.1, 0.15) is 5.56 Å². The maximum atomic E-state index is 12.8. The zero-order valence-electron chi connectivity index (χ0n) is 17.3. The summed E-state index contributed by atoms with van der Waals surface area (Å²) in [6.45, 7) is 3.96. The van der Waals surface area contributed by atoms with Crippen molar-refractivity contribution in [2.75, 3.05) is 73.6 Å². The fourth-order valence-corrected chi connectivity index (χ4v) is 5.20. The summed E-state index contributed by atoms with van der Waals surface area (Å²) in [5.74, 6) is 1.18. The van der Waals surface area contributed by atoms with Crippen molar-refractivity contribution in [3.05, 3.63) is 23.8 Å². The highest BCUT2D eigenvalue weighted by molar-refractivity contribution is 7.86. The van der Waals surface area contributed by atoms with E-state index in [1.807, 2.05) is 13.1 Å². The minimum atomic E-state index is -3.46. The molecule has 2 fully saturated rings. The van der Waals surface area contributed by atoms with Crippen LogP contribution >= 0.6 is 0 Å². The predicted octanol–water partition coefficient (Wildman–Crippen LogP) is -0.117. The van der Waals surface area contributed by atoms with E-state index in [0.29, 0.717) is 50.8 Å². The van der Waals surface area contributed by atoms with E-state index in [-0.39, 0.29) is 12.3 Å². The van der Waals surface area contributed by atoms with Crippen LogP contribution in [0.3, 0.4) is 0 Å². The first-order chi connectivity index (χ1) is 13.8. The normalized spacial score (nSPS) is 19.9. The van der Waals surface area contributed by atoms with Crippen LogP contribution < -0.4 is 9.47 Å². The number of hydrogen-bond acceptors (Lipinski definition) is 6. The van der Waals surface area contributed by atoms with Crippen molar-refractivity contribution in [1.82, 2.24) is 18.4 Å². The fourth-order valence-electron chi connectivity index (χ4n) is 3.63. The van der Waals surface area contributed by atoms with Gasteiger partial charge in [-0.3, -0.25) is 4.79 Å². The first kappa shape index (κ1) is 21.8. The summed E-state index contributed by atoms with van der Waals surface area (Å²) < 4.78 is 39.3. The summed E-state index contributed by atoms with van der Waals surface area (Å²) in [6, 6.07) is 5.42. The lowest BCUT2D eigenvalue weighted by Gasteiger charge is -2.39. The third kappa shape index (κ3) is 5.00. The molecule has 2 aliphatic heterocycles. The lowest BCUT2D eigenvalue weighted by Crippen LogP contribution is -2.57. The number of piperazine rings is 2. The monoisotopic (exact) mass is 426 g/mol. The lowest BCUT2D eigenvalue weighted by molar-refractivity contribution is -0.131. The van der Waals surface area contributed by atoms with Crippen LogP contribution in [0.25, 0.3) is 0 Å². The Morgan fingerprint density at radius 2 is 1.45 bits per heavy atom. The topological polar surface area (TPSA) is 82.6 Å².